The Morgan fingerprint density at radius 3 is 1.12 bits per heavy atom. The van der Waals surface area contributed by atoms with E-state index < -0.39 is 0 Å². The molecule has 0 aromatic carbocycles. The van der Waals surface area contributed by atoms with Gasteiger partial charge in [0.05, 0.1) is 0 Å². The van der Waals surface area contributed by atoms with Gasteiger partial charge in [0, 0.05) is 26.2 Å². The van der Waals surface area contributed by atoms with Crippen molar-refractivity contribution in [3.8, 4) is 0 Å². The number of hydrogen-bond acceptors (Lipinski definition) is 0. The molecule has 2 aliphatic rings. The summed E-state index contributed by atoms with van der Waals surface area (Å²) in [6.45, 7) is 5.00. The fourth-order valence-electron chi connectivity index (χ4n) is 0.680. The van der Waals surface area contributed by atoms with Crippen LogP contribution in [-0.2, 0) is 26.2 Å². The first-order valence-corrected chi connectivity index (χ1v) is 4.14. The Kier molecular flexibility index (Phi) is 76.2. The third-order valence-electron chi connectivity index (χ3n) is 1.17. The van der Waals surface area contributed by atoms with E-state index in [-0.39, 0.29) is 55.9 Å². The number of hydrogen-bond donors (Lipinski definition) is 0. The molecule has 0 aliphatic heterocycles. The molecule has 2 aliphatic carbocycles. The first-order chi connectivity index (χ1) is 6.00. The molecule has 2 rings (SSSR count). The maximum absolute atomic E-state index is 3.25. The standard InChI is InChI=1S/2C5H5.C2H5.4CH3.Zr/c2*1-2-4-5-3-1;1-2;;;;;/h2*1-3H,4H2;1H2,2H3;4*1H3;/q7*-1;. The van der Waals surface area contributed by atoms with Gasteiger partial charge in [-0.1, -0.05) is 0 Å². The van der Waals surface area contributed by atoms with Crippen LogP contribution in [-0.4, -0.2) is 0 Å². The second kappa shape index (κ2) is 36.0. The van der Waals surface area contributed by atoms with Gasteiger partial charge in [-0.2, -0.15) is 19.1 Å². The summed E-state index contributed by atoms with van der Waals surface area (Å²) >= 11 is 0. The predicted molar refractivity (Wildman–Crippen MR) is 79.8 cm³/mol. The molecule has 0 unspecified atom stereocenters. The zero-order chi connectivity index (χ0) is 9.07. The maximum atomic E-state index is 3.25. The van der Waals surface area contributed by atoms with Crippen LogP contribution in [0.25, 0.3) is 0 Å². The van der Waals surface area contributed by atoms with Crippen molar-refractivity contribution in [3.05, 3.63) is 85.2 Å². The minimum atomic E-state index is 0. The molecule has 102 valence electrons. The quantitative estimate of drug-likeness (QED) is 0.536. The van der Waals surface area contributed by atoms with Crippen LogP contribution in [0.4, 0.5) is 0 Å². The first-order valence-electron chi connectivity index (χ1n) is 4.14. The number of rotatable bonds is 0. The molecule has 0 aromatic rings. The van der Waals surface area contributed by atoms with Crippen LogP contribution in [0.15, 0.2) is 36.5 Å². The van der Waals surface area contributed by atoms with Crippen molar-refractivity contribution in [2.45, 2.75) is 19.8 Å². The van der Waals surface area contributed by atoms with Crippen molar-refractivity contribution in [1.29, 1.82) is 0 Å². The van der Waals surface area contributed by atoms with Gasteiger partial charge in [0.2, 0.25) is 0 Å². The third-order valence-corrected chi connectivity index (χ3v) is 1.17. The molecule has 0 saturated carbocycles. The molecule has 0 radical (unpaired) electrons. The molecule has 0 spiro atoms. The van der Waals surface area contributed by atoms with Gasteiger partial charge in [-0.15, -0.1) is 12.8 Å². The average molecular weight is 311 g/mol. The predicted octanol–water partition coefficient (Wildman–Crippen LogP) is 5.25. The van der Waals surface area contributed by atoms with Gasteiger partial charge in [0.25, 0.3) is 0 Å². The molecular formula is C16H27Zr-7. The van der Waals surface area contributed by atoms with Crippen molar-refractivity contribution in [2.24, 2.45) is 0 Å². The molecule has 0 saturated heterocycles. The van der Waals surface area contributed by atoms with E-state index in [0.717, 1.165) is 12.8 Å². The molecule has 0 nitrogen and oxygen atoms in total. The Hall–Kier alpha value is -0.157. The maximum Gasteiger partial charge on any atom is 0 e. The van der Waals surface area contributed by atoms with Crippen LogP contribution in [0, 0.1) is 48.8 Å². The molecule has 1 heteroatoms. The van der Waals surface area contributed by atoms with Gasteiger partial charge in [-0.3, -0.25) is 12.2 Å². The molecule has 0 heterocycles. The fraction of sp³-hybridized carbons (Fsp3) is 0.188. The molecular weight excluding hydrogens is 283 g/mol. The van der Waals surface area contributed by atoms with Crippen molar-refractivity contribution in [3.63, 3.8) is 0 Å². The second-order valence-corrected chi connectivity index (χ2v) is 2.01. The zero-order valence-corrected chi connectivity index (χ0v) is 14.5. The Balaban J connectivity index is -0.0000000247. The van der Waals surface area contributed by atoms with Gasteiger partial charge in [0.15, 0.2) is 0 Å². The normalized spacial score (nSPS) is 10.7. The molecule has 0 N–H and O–H groups in total. The van der Waals surface area contributed by atoms with Gasteiger partial charge < -0.3 is 36.6 Å². The van der Waals surface area contributed by atoms with Crippen molar-refractivity contribution in [2.75, 3.05) is 0 Å². The van der Waals surface area contributed by atoms with E-state index in [1.807, 2.05) is 24.3 Å². The van der Waals surface area contributed by atoms with Crippen LogP contribution >= 0.6 is 0 Å². The summed E-state index contributed by atoms with van der Waals surface area (Å²) in [5.41, 5.74) is 0. The van der Waals surface area contributed by atoms with Crippen LogP contribution in [0.2, 0.25) is 0 Å². The second-order valence-electron chi connectivity index (χ2n) is 2.01. The van der Waals surface area contributed by atoms with Gasteiger partial charge >= 0.3 is 0 Å². The summed E-state index contributed by atoms with van der Waals surface area (Å²) < 4.78 is 0. The summed E-state index contributed by atoms with van der Waals surface area (Å²) in [5, 5.41) is 0. The minimum Gasteiger partial charge on any atom is -0.358 e. The molecule has 0 aromatic heterocycles. The summed E-state index contributed by atoms with van der Waals surface area (Å²) in [5.74, 6) is 0. The first kappa shape index (κ1) is 36.0. The van der Waals surface area contributed by atoms with E-state index in [0.29, 0.717) is 0 Å². The fourth-order valence-corrected chi connectivity index (χ4v) is 0.680. The molecule has 0 atom stereocenters. The summed E-state index contributed by atoms with van der Waals surface area (Å²) in [7, 11) is 0. The zero-order valence-electron chi connectivity index (χ0n) is 12.1. The third kappa shape index (κ3) is 31.3. The van der Waals surface area contributed by atoms with E-state index in [4.69, 9.17) is 0 Å². The van der Waals surface area contributed by atoms with Crippen molar-refractivity contribution in [1.82, 2.24) is 0 Å². The van der Waals surface area contributed by atoms with Crippen molar-refractivity contribution >= 4 is 0 Å². The Labute approximate surface area is 131 Å². The van der Waals surface area contributed by atoms with E-state index in [9.17, 15) is 0 Å². The smallest absolute Gasteiger partial charge is 0 e. The monoisotopic (exact) mass is 309 g/mol. The van der Waals surface area contributed by atoms with Crippen LogP contribution in [0.5, 0.6) is 0 Å². The van der Waals surface area contributed by atoms with E-state index in [1.54, 1.807) is 6.92 Å². The van der Waals surface area contributed by atoms with Crippen LogP contribution in [0.1, 0.15) is 19.8 Å². The SMILES string of the molecule is [C-]1=CC=CC1.[C-]1=CC=CC1.[CH2-]C.[CH3-].[CH3-].[CH3-].[CH3-].[Zr]. The van der Waals surface area contributed by atoms with Crippen molar-refractivity contribution < 1.29 is 26.2 Å². The molecule has 0 fully saturated rings. The molecule has 0 amide bonds. The van der Waals surface area contributed by atoms with Gasteiger partial charge in [-0.25, -0.2) is 24.3 Å². The van der Waals surface area contributed by atoms with E-state index >= 15 is 0 Å². The summed E-state index contributed by atoms with van der Waals surface area (Å²) in [6.07, 6.45) is 20.0. The number of allylic oxidation sites excluding steroid dienone is 8. The Bertz CT molecular complexity index is 144. The largest absolute Gasteiger partial charge is 0.358 e. The Morgan fingerprint density at radius 2 is 1.06 bits per heavy atom. The molecule has 17 heavy (non-hydrogen) atoms. The van der Waals surface area contributed by atoms with Gasteiger partial charge in [0.1, 0.15) is 0 Å². The van der Waals surface area contributed by atoms with Crippen LogP contribution < -0.4 is 0 Å². The summed E-state index contributed by atoms with van der Waals surface area (Å²) in [6, 6.07) is 0. The molecule has 0 bridgehead atoms. The van der Waals surface area contributed by atoms with Crippen LogP contribution in [0.3, 0.4) is 0 Å². The topological polar surface area (TPSA) is 0 Å². The Morgan fingerprint density at radius 1 is 0.765 bits per heavy atom. The minimum absolute atomic E-state index is 0. The van der Waals surface area contributed by atoms with Gasteiger partial charge in [-0.05, 0) is 0 Å². The summed E-state index contributed by atoms with van der Waals surface area (Å²) in [4.78, 5) is 0. The van der Waals surface area contributed by atoms with E-state index in [1.165, 1.54) is 0 Å². The average Bonchev–Trinajstić information content (AvgIpc) is 2.87. The van der Waals surface area contributed by atoms with E-state index in [2.05, 4.69) is 31.2 Å².